The van der Waals surface area contributed by atoms with Crippen LogP contribution in [0.2, 0.25) is 10.0 Å². The molecule has 0 unspecified atom stereocenters. The Balaban J connectivity index is 1.90. The largest absolute Gasteiger partial charge is 0.482 e. The summed E-state index contributed by atoms with van der Waals surface area (Å²) >= 11 is 11.7. The number of hydrogen-bond acceptors (Lipinski definition) is 3. The van der Waals surface area contributed by atoms with E-state index in [0.717, 1.165) is 6.42 Å². The topological polar surface area (TPSA) is 38.8 Å². The second-order valence-corrected chi connectivity index (χ2v) is 4.39. The Morgan fingerprint density at radius 2 is 2.29 bits per heavy atom. The third kappa shape index (κ3) is 3.25. The van der Waals surface area contributed by atoms with Gasteiger partial charge >= 0.3 is 0 Å². The van der Waals surface area contributed by atoms with Crippen molar-refractivity contribution in [2.24, 2.45) is 0 Å². The van der Waals surface area contributed by atoms with Gasteiger partial charge in [0.05, 0.1) is 18.2 Å². The van der Waals surface area contributed by atoms with Crippen LogP contribution in [0.4, 0.5) is 0 Å². The average Bonchev–Trinajstić information content (AvgIpc) is 2.81. The minimum Gasteiger partial charge on any atom is -0.482 e. The van der Waals surface area contributed by atoms with Gasteiger partial charge < -0.3 is 4.74 Å². The van der Waals surface area contributed by atoms with E-state index < -0.39 is 0 Å². The number of carbonyl (C=O) groups is 1. The van der Waals surface area contributed by atoms with Gasteiger partial charge in [-0.15, -0.1) is 0 Å². The van der Waals surface area contributed by atoms with Crippen molar-refractivity contribution in [3.8, 4) is 5.75 Å². The zero-order valence-corrected chi connectivity index (χ0v) is 10.5. The van der Waals surface area contributed by atoms with E-state index >= 15 is 0 Å². The summed E-state index contributed by atoms with van der Waals surface area (Å²) in [5.74, 6) is 0.220. The van der Waals surface area contributed by atoms with Crippen molar-refractivity contribution in [3.05, 3.63) is 28.2 Å². The summed E-state index contributed by atoms with van der Waals surface area (Å²) in [7, 11) is 0. The summed E-state index contributed by atoms with van der Waals surface area (Å²) in [5, 5.41) is 2.22. The second kappa shape index (κ2) is 5.58. The molecule has 4 nitrogen and oxygen atoms in total. The van der Waals surface area contributed by atoms with Crippen molar-refractivity contribution in [1.82, 2.24) is 5.06 Å². The van der Waals surface area contributed by atoms with Crippen LogP contribution in [-0.2, 0) is 9.63 Å². The van der Waals surface area contributed by atoms with Crippen LogP contribution in [-0.4, -0.2) is 30.7 Å². The SMILES string of the molecule is O=C(COc1ccc(Cl)cc1Cl)N1CCCO1. The first-order valence-electron chi connectivity index (χ1n) is 5.18. The number of hydrogen-bond donors (Lipinski definition) is 0. The van der Waals surface area contributed by atoms with Crippen molar-refractivity contribution >= 4 is 29.1 Å². The number of ether oxygens (including phenoxy) is 1. The molecule has 0 aliphatic carbocycles. The van der Waals surface area contributed by atoms with E-state index in [1.165, 1.54) is 5.06 Å². The molecule has 0 saturated carbocycles. The first-order chi connectivity index (χ1) is 8.16. The molecule has 1 aliphatic rings. The van der Waals surface area contributed by atoms with Gasteiger partial charge in [0.15, 0.2) is 6.61 Å². The maximum atomic E-state index is 11.6. The molecule has 0 N–H and O–H groups in total. The lowest BCUT2D eigenvalue weighted by molar-refractivity contribution is -0.170. The van der Waals surface area contributed by atoms with Crippen molar-refractivity contribution in [2.75, 3.05) is 19.8 Å². The van der Waals surface area contributed by atoms with Gasteiger partial charge in [-0.2, -0.15) is 0 Å². The smallest absolute Gasteiger partial charge is 0.283 e. The summed E-state index contributed by atoms with van der Waals surface area (Å²) in [6.07, 6.45) is 0.855. The molecule has 17 heavy (non-hydrogen) atoms. The molecule has 0 spiro atoms. The van der Waals surface area contributed by atoms with Gasteiger partial charge in [0, 0.05) is 5.02 Å². The molecule has 2 rings (SSSR count). The average molecular weight is 276 g/mol. The minimum atomic E-state index is -0.214. The third-order valence-corrected chi connectivity index (χ3v) is 2.81. The lowest BCUT2D eigenvalue weighted by Gasteiger charge is -2.14. The Labute approximate surface area is 109 Å². The number of hydroxylamine groups is 2. The molecule has 1 saturated heterocycles. The summed E-state index contributed by atoms with van der Waals surface area (Å²) < 4.78 is 5.30. The fourth-order valence-corrected chi connectivity index (χ4v) is 1.91. The zero-order chi connectivity index (χ0) is 12.3. The molecule has 1 aromatic rings. The van der Waals surface area contributed by atoms with Crippen LogP contribution in [0, 0.1) is 0 Å². The molecule has 1 amide bonds. The summed E-state index contributed by atoms with van der Waals surface area (Å²) in [6, 6.07) is 4.84. The van der Waals surface area contributed by atoms with Gasteiger partial charge in [0.1, 0.15) is 5.75 Å². The highest BCUT2D eigenvalue weighted by Crippen LogP contribution is 2.27. The van der Waals surface area contributed by atoms with E-state index in [2.05, 4.69) is 0 Å². The van der Waals surface area contributed by atoms with Crippen LogP contribution >= 0.6 is 23.2 Å². The first-order valence-corrected chi connectivity index (χ1v) is 5.93. The third-order valence-electron chi connectivity index (χ3n) is 2.28. The summed E-state index contributed by atoms with van der Waals surface area (Å²) in [5.41, 5.74) is 0. The maximum Gasteiger partial charge on any atom is 0.283 e. The van der Waals surface area contributed by atoms with Crippen molar-refractivity contribution in [1.29, 1.82) is 0 Å². The number of amides is 1. The first kappa shape index (κ1) is 12.5. The number of carbonyl (C=O) groups excluding carboxylic acids is 1. The van der Waals surface area contributed by atoms with Crippen molar-refractivity contribution in [2.45, 2.75) is 6.42 Å². The van der Waals surface area contributed by atoms with Crippen LogP contribution < -0.4 is 4.74 Å². The van der Waals surface area contributed by atoms with E-state index in [9.17, 15) is 4.79 Å². The fraction of sp³-hybridized carbons (Fsp3) is 0.364. The fourth-order valence-electron chi connectivity index (χ4n) is 1.45. The number of halogens is 2. The van der Waals surface area contributed by atoms with E-state index in [1.807, 2.05) is 0 Å². The van der Waals surface area contributed by atoms with Crippen LogP contribution in [0.1, 0.15) is 6.42 Å². The van der Waals surface area contributed by atoms with Gasteiger partial charge in [-0.1, -0.05) is 23.2 Å². The highest BCUT2D eigenvalue weighted by atomic mass is 35.5. The van der Waals surface area contributed by atoms with Crippen LogP contribution in [0.3, 0.4) is 0 Å². The lowest BCUT2D eigenvalue weighted by Crippen LogP contribution is -2.31. The van der Waals surface area contributed by atoms with Crippen LogP contribution in [0.25, 0.3) is 0 Å². The predicted octanol–water partition coefficient (Wildman–Crippen LogP) is 2.54. The highest BCUT2D eigenvalue weighted by Gasteiger charge is 2.19. The molecule has 0 bridgehead atoms. The van der Waals surface area contributed by atoms with Gasteiger partial charge in [-0.3, -0.25) is 9.63 Å². The molecule has 6 heteroatoms. The Morgan fingerprint density at radius 3 is 2.94 bits per heavy atom. The minimum absolute atomic E-state index is 0.0959. The van der Waals surface area contributed by atoms with Crippen molar-refractivity contribution < 1.29 is 14.4 Å². The molecule has 92 valence electrons. The van der Waals surface area contributed by atoms with E-state index in [-0.39, 0.29) is 12.5 Å². The maximum absolute atomic E-state index is 11.6. The molecule has 1 fully saturated rings. The van der Waals surface area contributed by atoms with E-state index in [4.69, 9.17) is 32.8 Å². The van der Waals surface area contributed by atoms with Gasteiger partial charge in [0.25, 0.3) is 5.91 Å². The Morgan fingerprint density at radius 1 is 1.47 bits per heavy atom. The Bertz CT molecular complexity index is 419. The number of nitrogens with zero attached hydrogens (tertiary/aromatic N) is 1. The van der Waals surface area contributed by atoms with Crippen LogP contribution in [0.5, 0.6) is 5.75 Å². The molecule has 0 aromatic heterocycles. The van der Waals surface area contributed by atoms with E-state index in [1.54, 1.807) is 18.2 Å². The summed E-state index contributed by atoms with van der Waals surface area (Å²) in [4.78, 5) is 16.7. The van der Waals surface area contributed by atoms with Crippen molar-refractivity contribution in [3.63, 3.8) is 0 Å². The molecule has 0 atom stereocenters. The number of benzene rings is 1. The Hall–Kier alpha value is -0.970. The van der Waals surface area contributed by atoms with Crippen LogP contribution in [0.15, 0.2) is 18.2 Å². The molecule has 1 aromatic carbocycles. The Kier molecular flexibility index (Phi) is 4.10. The van der Waals surface area contributed by atoms with Gasteiger partial charge in [-0.25, -0.2) is 5.06 Å². The predicted molar refractivity (Wildman–Crippen MR) is 64.2 cm³/mol. The van der Waals surface area contributed by atoms with E-state index in [0.29, 0.717) is 28.9 Å². The normalized spacial score (nSPS) is 15.1. The molecular weight excluding hydrogens is 265 g/mol. The molecular formula is C11H11Cl2NO3. The number of rotatable bonds is 3. The molecule has 0 radical (unpaired) electrons. The highest BCUT2D eigenvalue weighted by molar-refractivity contribution is 6.35. The summed E-state index contributed by atoms with van der Waals surface area (Å²) in [6.45, 7) is 1.09. The lowest BCUT2D eigenvalue weighted by atomic mass is 10.3. The van der Waals surface area contributed by atoms with Gasteiger partial charge in [0.2, 0.25) is 0 Å². The second-order valence-electron chi connectivity index (χ2n) is 3.55. The van der Waals surface area contributed by atoms with Gasteiger partial charge in [-0.05, 0) is 24.6 Å². The zero-order valence-electron chi connectivity index (χ0n) is 8.99. The quantitative estimate of drug-likeness (QED) is 0.851. The molecule has 1 heterocycles. The monoisotopic (exact) mass is 275 g/mol. The standard InChI is InChI=1S/C11H11Cl2NO3/c12-8-2-3-10(9(13)6-8)16-7-11(15)14-4-1-5-17-14/h2-3,6H,1,4-5,7H2. The molecule has 1 aliphatic heterocycles.